The Labute approximate surface area is 200 Å². The van der Waals surface area contributed by atoms with Crippen molar-refractivity contribution in [3.05, 3.63) is 115 Å². The lowest BCUT2D eigenvalue weighted by molar-refractivity contribution is 0.404. The number of methoxy groups -OCH3 is 1. The Kier molecular flexibility index (Phi) is 6.83. The van der Waals surface area contributed by atoms with Crippen LogP contribution in [0.1, 0.15) is 5.56 Å². The minimum atomic E-state index is -4.42. The van der Waals surface area contributed by atoms with E-state index in [0.717, 1.165) is 11.1 Å². The molecule has 0 aromatic heterocycles. The van der Waals surface area contributed by atoms with Crippen molar-refractivity contribution in [2.75, 3.05) is 7.11 Å². The Morgan fingerprint density at radius 1 is 0.618 bits per heavy atom. The maximum absolute atomic E-state index is 13.6. The van der Waals surface area contributed by atoms with E-state index in [1.165, 1.54) is 31.4 Å². The quantitative estimate of drug-likeness (QED) is 0.347. The third kappa shape index (κ3) is 4.75. The summed E-state index contributed by atoms with van der Waals surface area (Å²) >= 11 is 0. The molecule has 0 amide bonds. The van der Waals surface area contributed by atoms with Crippen molar-refractivity contribution in [3.8, 4) is 16.9 Å². The van der Waals surface area contributed by atoms with Crippen LogP contribution in [0.25, 0.3) is 11.1 Å². The Hall–Kier alpha value is -3.46. The van der Waals surface area contributed by atoms with Crippen molar-refractivity contribution in [1.29, 1.82) is 0 Å². The summed E-state index contributed by atoms with van der Waals surface area (Å²) < 4.78 is 60.5. The van der Waals surface area contributed by atoms with Gasteiger partial charge in [0.05, 0.1) is 23.4 Å². The summed E-state index contributed by atoms with van der Waals surface area (Å²) in [5.41, 5.74) is 2.14. The van der Waals surface area contributed by atoms with Gasteiger partial charge in [0.1, 0.15) is 5.75 Å². The van der Waals surface area contributed by atoms with Crippen LogP contribution in [-0.4, -0.2) is 27.7 Å². The fraction of sp³-hybridized carbons (Fsp3) is 0.0769. The van der Waals surface area contributed by atoms with Gasteiger partial charge >= 0.3 is 0 Å². The summed E-state index contributed by atoms with van der Waals surface area (Å²) in [5, 5.41) is 0. The molecule has 34 heavy (non-hydrogen) atoms. The van der Waals surface area contributed by atoms with Crippen LogP contribution in [0.15, 0.2) is 119 Å². The first kappa shape index (κ1) is 23.7. The topological polar surface area (TPSA) is 80.8 Å². The molecule has 0 aliphatic carbocycles. The van der Waals surface area contributed by atoms with E-state index in [0.29, 0.717) is 15.0 Å². The zero-order valence-electron chi connectivity index (χ0n) is 18.4. The molecular formula is C26H23NO5S2. The van der Waals surface area contributed by atoms with Crippen LogP contribution < -0.4 is 4.74 Å². The molecule has 0 fully saturated rings. The highest BCUT2D eigenvalue weighted by molar-refractivity contribution is 8.04. The maximum atomic E-state index is 13.6. The van der Waals surface area contributed by atoms with Crippen LogP contribution in [0.5, 0.6) is 5.75 Å². The number of sulfonamides is 2. The molecule has 0 heterocycles. The second-order valence-corrected chi connectivity index (χ2v) is 11.4. The SMILES string of the molecule is COc1ccc(-c2ccccc2)cc1CN(S(=O)(=O)c1ccccc1)S(=O)(=O)c1ccccc1. The summed E-state index contributed by atoms with van der Waals surface area (Å²) in [7, 11) is -7.37. The molecule has 0 N–H and O–H groups in total. The molecule has 0 spiro atoms. The van der Waals surface area contributed by atoms with Crippen molar-refractivity contribution in [1.82, 2.24) is 3.71 Å². The molecule has 0 unspecified atom stereocenters. The zero-order chi connectivity index (χ0) is 24.2. The lowest BCUT2D eigenvalue weighted by Crippen LogP contribution is -2.36. The normalized spacial score (nSPS) is 11.9. The molecule has 4 aromatic rings. The van der Waals surface area contributed by atoms with E-state index in [1.54, 1.807) is 48.5 Å². The highest BCUT2D eigenvalue weighted by atomic mass is 32.3. The van der Waals surface area contributed by atoms with Crippen molar-refractivity contribution in [2.45, 2.75) is 16.3 Å². The van der Waals surface area contributed by atoms with Gasteiger partial charge in [0.2, 0.25) is 0 Å². The van der Waals surface area contributed by atoms with Crippen molar-refractivity contribution >= 4 is 20.0 Å². The van der Waals surface area contributed by atoms with Gasteiger partial charge in [-0.1, -0.05) is 76.5 Å². The highest BCUT2D eigenvalue weighted by Crippen LogP contribution is 2.32. The molecule has 4 aromatic carbocycles. The van der Waals surface area contributed by atoms with Crippen LogP contribution in [-0.2, 0) is 26.6 Å². The average Bonchev–Trinajstić information content (AvgIpc) is 2.88. The van der Waals surface area contributed by atoms with Crippen molar-refractivity contribution in [2.24, 2.45) is 0 Å². The van der Waals surface area contributed by atoms with Gasteiger partial charge in [-0.3, -0.25) is 0 Å². The van der Waals surface area contributed by atoms with Crippen LogP contribution >= 0.6 is 0 Å². The lowest BCUT2D eigenvalue weighted by Gasteiger charge is -2.23. The van der Waals surface area contributed by atoms with E-state index in [9.17, 15) is 16.8 Å². The second kappa shape index (κ2) is 9.80. The number of hydrogen-bond acceptors (Lipinski definition) is 5. The molecule has 0 radical (unpaired) electrons. The summed E-state index contributed by atoms with van der Waals surface area (Å²) in [5.74, 6) is 0.385. The Bertz CT molecular complexity index is 1400. The van der Waals surface area contributed by atoms with E-state index in [1.807, 2.05) is 36.4 Å². The van der Waals surface area contributed by atoms with E-state index in [2.05, 4.69) is 0 Å². The third-order valence-electron chi connectivity index (χ3n) is 5.31. The molecule has 0 aliphatic rings. The van der Waals surface area contributed by atoms with Crippen LogP contribution in [0.4, 0.5) is 0 Å². The van der Waals surface area contributed by atoms with E-state index in [-0.39, 0.29) is 9.79 Å². The van der Waals surface area contributed by atoms with Crippen molar-refractivity contribution in [3.63, 3.8) is 0 Å². The van der Waals surface area contributed by atoms with Crippen LogP contribution in [0, 0.1) is 0 Å². The molecule has 0 saturated carbocycles. The largest absolute Gasteiger partial charge is 0.496 e. The van der Waals surface area contributed by atoms with Crippen molar-refractivity contribution < 1.29 is 21.6 Å². The first-order valence-corrected chi connectivity index (χ1v) is 13.3. The van der Waals surface area contributed by atoms with Gasteiger partial charge in [-0.2, -0.15) is 0 Å². The fourth-order valence-corrected chi connectivity index (χ4v) is 7.21. The monoisotopic (exact) mass is 493 g/mol. The van der Waals surface area contributed by atoms with E-state index >= 15 is 0 Å². The van der Waals surface area contributed by atoms with Crippen LogP contribution in [0.3, 0.4) is 0 Å². The summed E-state index contributed by atoms with van der Waals surface area (Å²) in [6.45, 7) is -0.432. The third-order valence-corrected chi connectivity index (χ3v) is 9.55. The highest BCUT2D eigenvalue weighted by Gasteiger charge is 2.37. The van der Waals surface area contributed by atoms with Gasteiger partial charge < -0.3 is 4.74 Å². The lowest BCUT2D eigenvalue weighted by atomic mass is 10.0. The average molecular weight is 494 g/mol. The Morgan fingerprint density at radius 2 is 1.09 bits per heavy atom. The minimum absolute atomic E-state index is 0.118. The van der Waals surface area contributed by atoms with E-state index < -0.39 is 26.6 Å². The summed E-state index contributed by atoms with van der Waals surface area (Å²) in [6.07, 6.45) is 0. The molecule has 8 heteroatoms. The molecule has 0 saturated heterocycles. The molecule has 4 rings (SSSR count). The molecular weight excluding hydrogens is 470 g/mol. The van der Waals surface area contributed by atoms with Gasteiger partial charge in [0.25, 0.3) is 20.0 Å². The summed E-state index contributed by atoms with van der Waals surface area (Å²) in [4.78, 5) is -0.236. The first-order chi connectivity index (χ1) is 16.3. The smallest absolute Gasteiger partial charge is 0.256 e. The van der Waals surface area contributed by atoms with Crippen LogP contribution in [0.2, 0.25) is 0 Å². The maximum Gasteiger partial charge on any atom is 0.256 e. The number of ether oxygens (including phenoxy) is 1. The fourth-order valence-electron chi connectivity index (χ4n) is 3.57. The second-order valence-electron chi connectivity index (χ2n) is 7.46. The molecule has 0 bridgehead atoms. The van der Waals surface area contributed by atoms with E-state index in [4.69, 9.17) is 4.74 Å². The van der Waals surface area contributed by atoms with Gasteiger partial charge in [0.15, 0.2) is 0 Å². The number of hydrogen-bond donors (Lipinski definition) is 0. The van der Waals surface area contributed by atoms with Gasteiger partial charge in [-0.25, -0.2) is 16.8 Å². The predicted molar refractivity (Wildman–Crippen MR) is 131 cm³/mol. The Balaban J connectivity index is 1.87. The number of benzene rings is 4. The summed E-state index contributed by atoms with van der Waals surface area (Å²) in [6, 6.07) is 29.9. The standard InChI is InChI=1S/C26H23NO5S2/c1-32-26-18-17-22(21-11-5-2-6-12-21)19-23(26)20-27(33(28,29)24-13-7-3-8-14-24)34(30,31)25-15-9-4-10-16-25/h2-19H,20H2,1H3. The molecule has 6 nitrogen and oxygen atoms in total. The Morgan fingerprint density at radius 3 is 1.56 bits per heavy atom. The van der Waals surface area contributed by atoms with Gasteiger partial charge in [0, 0.05) is 5.56 Å². The molecule has 0 aliphatic heterocycles. The molecule has 174 valence electrons. The number of rotatable bonds is 8. The molecule has 0 atom stereocenters. The number of nitrogens with zero attached hydrogens (tertiary/aromatic N) is 1. The zero-order valence-corrected chi connectivity index (χ0v) is 20.0. The predicted octanol–water partition coefficient (Wildman–Crippen LogP) is 4.94. The first-order valence-electron chi connectivity index (χ1n) is 10.4. The minimum Gasteiger partial charge on any atom is -0.496 e. The van der Waals surface area contributed by atoms with Gasteiger partial charge in [-0.15, -0.1) is 0 Å². The van der Waals surface area contributed by atoms with Gasteiger partial charge in [-0.05, 0) is 47.5 Å².